The maximum Gasteiger partial charge on any atom is 2.00 e. The van der Waals surface area contributed by atoms with Crippen molar-refractivity contribution in [2.75, 3.05) is 0 Å². The third kappa shape index (κ3) is 1270. The normalized spacial score (nSPS) is 8.30. The molecule has 9 heteroatoms. The Bertz CT molecular complexity index is 163. The summed E-state index contributed by atoms with van der Waals surface area (Å²) in [7, 11) is -5.17. The molecular formula is CH3CuNO4S3. The van der Waals surface area contributed by atoms with Crippen LogP contribution in [0.3, 0.4) is 0 Å². The van der Waals surface area contributed by atoms with E-state index in [2.05, 4.69) is 24.8 Å². The van der Waals surface area contributed by atoms with E-state index in [0.29, 0.717) is 0 Å². The number of thiocarbonyl (C=S) groups is 1. The minimum Gasteiger partial charge on any atom is -0.759 e. The predicted molar refractivity (Wildman–Crippen MR) is 36.2 cm³/mol. The molecule has 0 aliphatic carbocycles. The van der Waals surface area contributed by atoms with Crippen molar-refractivity contribution in [3.8, 4) is 0 Å². The predicted octanol–water partition coefficient (Wildman–Crippen LogP) is -1.18. The van der Waals surface area contributed by atoms with Gasteiger partial charge in [0.15, 0.2) is 0 Å². The summed E-state index contributed by atoms with van der Waals surface area (Å²) in [5, 5.41) is 0. The van der Waals surface area contributed by atoms with Gasteiger partial charge in [-0.2, -0.15) is 0 Å². The van der Waals surface area contributed by atoms with Gasteiger partial charge >= 0.3 is 17.1 Å². The van der Waals surface area contributed by atoms with Gasteiger partial charge in [-0.1, -0.05) is 12.2 Å². The van der Waals surface area contributed by atoms with Crippen LogP contribution >= 0.6 is 24.8 Å². The van der Waals surface area contributed by atoms with Gasteiger partial charge in [0.25, 0.3) is 0 Å². The van der Waals surface area contributed by atoms with Crippen LogP contribution < -0.4 is 5.73 Å². The van der Waals surface area contributed by atoms with Gasteiger partial charge in [0.2, 0.25) is 0 Å². The molecule has 65 valence electrons. The maximum absolute atomic E-state index is 8.52. The van der Waals surface area contributed by atoms with Gasteiger partial charge in [0.1, 0.15) is 4.32 Å². The van der Waals surface area contributed by atoms with Gasteiger partial charge in [-0.3, -0.25) is 8.42 Å². The average molecular weight is 253 g/mol. The average Bonchev–Trinajstić information content (AvgIpc) is 1.19. The topological polar surface area (TPSA) is 106 Å². The molecule has 0 unspecified atom stereocenters. The summed E-state index contributed by atoms with van der Waals surface area (Å²) in [6, 6.07) is 0. The minimum absolute atomic E-state index is 0. The summed E-state index contributed by atoms with van der Waals surface area (Å²) in [5.74, 6) is 0. The first-order valence-electron chi connectivity index (χ1n) is 1.38. The Kier molecular flexibility index (Phi) is 13.1. The van der Waals surface area contributed by atoms with Crippen LogP contribution in [0.25, 0.3) is 0 Å². The molecule has 0 aliphatic heterocycles. The van der Waals surface area contributed by atoms with Crippen LogP contribution in [0, 0.1) is 0 Å². The molecule has 0 bridgehead atoms. The van der Waals surface area contributed by atoms with Crippen molar-refractivity contribution < 1.29 is 34.6 Å². The fraction of sp³-hybridized carbons (Fsp3) is 0. The van der Waals surface area contributed by atoms with Gasteiger partial charge in [0, 0.05) is 10.4 Å². The summed E-state index contributed by atoms with van der Waals surface area (Å²) in [6.07, 6.45) is 0. The Morgan fingerprint density at radius 1 is 1.50 bits per heavy atom. The summed E-state index contributed by atoms with van der Waals surface area (Å²) < 4.78 is 34.3. The van der Waals surface area contributed by atoms with Crippen LogP contribution in [0.4, 0.5) is 0 Å². The van der Waals surface area contributed by atoms with Gasteiger partial charge in [-0.25, -0.2) is 0 Å². The molecule has 0 atom stereocenters. The van der Waals surface area contributed by atoms with Crippen molar-refractivity contribution in [3.05, 3.63) is 0 Å². The monoisotopic (exact) mass is 252 g/mol. The Balaban J connectivity index is -0.0000000910. The van der Waals surface area contributed by atoms with Crippen LogP contribution in [-0.4, -0.2) is 21.8 Å². The molecule has 0 saturated heterocycles. The van der Waals surface area contributed by atoms with Gasteiger partial charge < -0.3 is 14.8 Å². The second-order valence-electron chi connectivity index (χ2n) is 0.746. The van der Waals surface area contributed by atoms with Crippen molar-refractivity contribution in [3.63, 3.8) is 0 Å². The molecule has 0 heterocycles. The number of thiol groups is 1. The molecular weight excluding hydrogens is 250 g/mol. The summed E-state index contributed by atoms with van der Waals surface area (Å²) in [4.78, 5) is 0. The van der Waals surface area contributed by atoms with Crippen molar-refractivity contribution in [2.45, 2.75) is 0 Å². The van der Waals surface area contributed by atoms with E-state index in [1.807, 2.05) is 0 Å². The van der Waals surface area contributed by atoms with E-state index >= 15 is 0 Å². The van der Waals surface area contributed by atoms with E-state index in [-0.39, 0.29) is 21.4 Å². The fourth-order valence-electron chi connectivity index (χ4n) is 0. The third-order valence-electron chi connectivity index (χ3n) is 0. The molecule has 2 N–H and O–H groups in total. The van der Waals surface area contributed by atoms with E-state index < -0.39 is 10.4 Å². The van der Waals surface area contributed by atoms with Gasteiger partial charge in [-0.05, 0) is 0 Å². The van der Waals surface area contributed by atoms with E-state index in [1.165, 1.54) is 0 Å². The standard InChI is InChI=1S/CH3NS2.Cu.H2O4S/c2-1(3)4;;1-5(2,3)4/h(H3,2,3,4);;(H2,1,2,3,4)/q;+2;/p-2. The zero-order valence-corrected chi connectivity index (χ0v) is 7.74. The van der Waals surface area contributed by atoms with Crippen molar-refractivity contribution in [1.29, 1.82) is 0 Å². The Morgan fingerprint density at radius 2 is 1.50 bits per heavy atom. The van der Waals surface area contributed by atoms with Gasteiger partial charge in [0.05, 0.1) is 0 Å². The van der Waals surface area contributed by atoms with E-state index in [4.69, 9.17) is 23.3 Å². The number of rotatable bonds is 0. The van der Waals surface area contributed by atoms with Crippen molar-refractivity contribution in [1.82, 2.24) is 0 Å². The largest absolute Gasteiger partial charge is 2.00 e. The zero-order chi connectivity index (χ0) is 8.08. The number of hydrogen-bond acceptors (Lipinski definition) is 5. The van der Waals surface area contributed by atoms with Crippen LogP contribution in [0.5, 0.6) is 0 Å². The van der Waals surface area contributed by atoms with Crippen LogP contribution in [0.2, 0.25) is 0 Å². The van der Waals surface area contributed by atoms with Gasteiger partial charge in [-0.15, -0.1) is 12.6 Å². The minimum atomic E-state index is -5.17. The molecule has 0 aromatic rings. The Morgan fingerprint density at radius 3 is 1.50 bits per heavy atom. The molecule has 1 radical (unpaired) electrons. The van der Waals surface area contributed by atoms with Crippen molar-refractivity contribution >= 4 is 39.6 Å². The third-order valence-corrected chi connectivity index (χ3v) is 0. The first-order chi connectivity index (χ1) is 3.73. The second kappa shape index (κ2) is 7.73. The number of hydrogen-bond donors (Lipinski definition) is 2. The molecule has 0 spiro atoms. The Labute approximate surface area is 79.8 Å². The molecule has 5 nitrogen and oxygen atoms in total. The molecule has 10 heavy (non-hydrogen) atoms. The van der Waals surface area contributed by atoms with E-state index in [1.54, 1.807) is 0 Å². The second-order valence-corrected chi connectivity index (χ2v) is 2.79. The van der Waals surface area contributed by atoms with E-state index in [9.17, 15) is 0 Å². The van der Waals surface area contributed by atoms with E-state index in [0.717, 1.165) is 0 Å². The summed E-state index contributed by atoms with van der Waals surface area (Å²) in [6.45, 7) is 0. The molecule has 0 aromatic heterocycles. The molecule has 0 rings (SSSR count). The molecule has 0 aromatic carbocycles. The number of nitrogens with two attached hydrogens (primary N) is 1. The maximum atomic E-state index is 8.52. The molecule has 0 saturated carbocycles. The SMILES string of the molecule is NC(=S)S.O=S(=O)([O-])[O-].[Cu+2]. The smallest absolute Gasteiger partial charge is 0.759 e. The molecule has 0 fully saturated rings. The zero-order valence-electron chi connectivity index (χ0n) is 4.28. The van der Waals surface area contributed by atoms with Crippen LogP contribution in [0.1, 0.15) is 0 Å². The summed E-state index contributed by atoms with van der Waals surface area (Å²) >= 11 is 7.65. The quantitative estimate of drug-likeness (QED) is 0.185. The van der Waals surface area contributed by atoms with Crippen molar-refractivity contribution in [2.24, 2.45) is 5.73 Å². The summed E-state index contributed by atoms with van der Waals surface area (Å²) in [5.41, 5.74) is 4.71. The molecule has 0 amide bonds. The first kappa shape index (κ1) is 16.9. The fourth-order valence-corrected chi connectivity index (χ4v) is 0. The van der Waals surface area contributed by atoms with Crippen LogP contribution in [0.15, 0.2) is 0 Å². The Hall–Kier alpha value is 0.629. The van der Waals surface area contributed by atoms with Crippen LogP contribution in [-0.2, 0) is 27.5 Å². The molecule has 0 aliphatic rings. The first-order valence-corrected chi connectivity index (χ1v) is 3.57.